The Bertz CT molecular complexity index is 579. The highest BCUT2D eigenvalue weighted by Crippen LogP contribution is 2.36. The molecule has 0 bridgehead atoms. The lowest BCUT2D eigenvalue weighted by atomic mass is 9.80. The molecule has 18 heavy (non-hydrogen) atoms. The number of aromatic nitrogens is 4. The van der Waals surface area contributed by atoms with Gasteiger partial charge < -0.3 is 9.31 Å². The number of nitrogens with zero attached hydrogens (tertiary/aromatic N) is 4. The van der Waals surface area contributed by atoms with Gasteiger partial charge in [0.05, 0.1) is 11.2 Å². The first-order valence-corrected chi connectivity index (χ1v) is 5.92. The van der Waals surface area contributed by atoms with Crippen molar-refractivity contribution >= 4 is 18.2 Å². The molecule has 1 aliphatic heterocycles. The highest BCUT2D eigenvalue weighted by molar-refractivity contribution is 6.62. The van der Waals surface area contributed by atoms with Crippen molar-refractivity contribution in [3.05, 3.63) is 18.3 Å². The third-order valence-corrected chi connectivity index (χ3v) is 3.75. The van der Waals surface area contributed by atoms with Crippen LogP contribution in [0, 0.1) is 0 Å². The van der Waals surface area contributed by atoms with Gasteiger partial charge >= 0.3 is 7.12 Å². The van der Waals surface area contributed by atoms with Crippen molar-refractivity contribution in [2.75, 3.05) is 0 Å². The van der Waals surface area contributed by atoms with Crippen molar-refractivity contribution in [2.24, 2.45) is 0 Å². The zero-order valence-corrected chi connectivity index (χ0v) is 10.9. The van der Waals surface area contributed by atoms with E-state index in [9.17, 15) is 0 Å². The summed E-state index contributed by atoms with van der Waals surface area (Å²) in [4.78, 5) is 0. The number of hydrogen-bond acceptors (Lipinski definition) is 5. The van der Waals surface area contributed by atoms with Crippen LogP contribution in [-0.4, -0.2) is 38.4 Å². The Balaban J connectivity index is 1.96. The van der Waals surface area contributed by atoms with Crippen molar-refractivity contribution in [1.82, 2.24) is 20.0 Å². The van der Waals surface area contributed by atoms with Gasteiger partial charge in [-0.15, -0.1) is 5.10 Å². The SMILES string of the molecule is CC1(C)OB(c2ccn3nnnc3c2)OC1(C)C. The zero-order chi connectivity index (χ0) is 13.0. The molecule has 0 unspecified atom stereocenters. The smallest absolute Gasteiger partial charge is 0.399 e. The molecule has 1 aliphatic rings. The first-order valence-electron chi connectivity index (χ1n) is 5.92. The first-order chi connectivity index (χ1) is 8.39. The van der Waals surface area contributed by atoms with Crippen LogP contribution in [0.2, 0.25) is 0 Å². The lowest BCUT2D eigenvalue weighted by Gasteiger charge is -2.32. The Hall–Kier alpha value is -1.47. The summed E-state index contributed by atoms with van der Waals surface area (Å²) >= 11 is 0. The van der Waals surface area contributed by atoms with E-state index >= 15 is 0 Å². The molecule has 7 heteroatoms. The van der Waals surface area contributed by atoms with Gasteiger partial charge in [-0.05, 0) is 55.7 Å². The molecule has 0 amide bonds. The number of hydrogen-bond donors (Lipinski definition) is 0. The maximum absolute atomic E-state index is 5.98. The fourth-order valence-corrected chi connectivity index (χ4v) is 1.88. The fourth-order valence-electron chi connectivity index (χ4n) is 1.88. The summed E-state index contributed by atoms with van der Waals surface area (Å²) in [5, 5.41) is 11.3. The molecule has 1 fully saturated rings. The predicted molar refractivity (Wildman–Crippen MR) is 66.5 cm³/mol. The predicted octanol–water partition coefficient (Wildman–Crippen LogP) is 0.423. The van der Waals surface area contributed by atoms with Gasteiger partial charge in [0.25, 0.3) is 0 Å². The van der Waals surface area contributed by atoms with E-state index < -0.39 is 0 Å². The molecule has 0 radical (unpaired) electrons. The van der Waals surface area contributed by atoms with Crippen molar-refractivity contribution in [3.63, 3.8) is 0 Å². The number of tetrazole rings is 1. The summed E-state index contributed by atoms with van der Waals surface area (Å²) in [6.45, 7) is 8.13. The minimum atomic E-state index is -0.378. The standard InChI is InChI=1S/C11H15BN4O2/c1-10(2)11(3,4)18-12(17-10)8-5-6-16-9(7-8)13-14-15-16/h5-7H,1-4H3. The largest absolute Gasteiger partial charge is 0.495 e. The molecule has 0 aromatic carbocycles. The quantitative estimate of drug-likeness (QED) is 0.682. The monoisotopic (exact) mass is 246 g/mol. The van der Waals surface area contributed by atoms with E-state index in [0.717, 1.165) is 5.46 Å². The number of rotatable bonds is 1. The molecule has 0 saturated carbocycles. The molecule has 6 nitrogen and oxygen atoms in total. The van der Waals surface area contributed by atoms with Gasteiger partial charge in [-0.2, -0.15) is 0 Å². The Morgan fingerprint density at radius 2 is 1.83 bits per heavy atom. The van der Waals surface area contributed by atoms with Crippen LogP contribution in [0.4, 0.5) is 0 Å². The molecule has 2 aromatic rings. The first kappa shape index (κ1) is 11.6. The molecule has 3 heterocycles. The number of pyridine rings is 1. The molecule has 0 atom stereocenters. The minimum absolute atomic E-state index is 0.338. The van der Waals surface area contributed by atoms with Gasteiger partial charge in [-0.25, -0.2) is 4.52 Å². The van der Waals surface area contributed by atoms with Crippen LogP contribution in [0.3, 0.4) is 0 Å². The van der Waals surface area contributed by atoms with Crippen molar-refractivity contribution in [2.45, 2.75) is 38.9 Å². The third-order valence-electron chi connectivity index (χ3n) is 3.75. The molecular formula is C11H15BN4O2. The summed E-state index contributed by atoms with van der Waals surface area (Å²) in [5.74, 6) is 0. The van der Waals surface area contributed by atoms with Gasteiger partial charge in [0.2, 0.25) is 0 Å². The van der Waals surface area contributed by atoms with Gasteiger partial charge in [0.1, 0.15) is 0 Å². The van der Waals surface area contributed by atoms with Gasteiger partial charge in [-0.1, -0.05) is 0 Å². The summed E-state index contributed by atoms with van der Waals surface area (Å²) in [6, 6.07) is 3.79. The number of fused-ring (bicyclic) bond motifs is 1. The van der Waals surface area contributed by atoms with Crippen molar-refractivity contribution < 1.29 is 9.31 Å². The van der Waals surface area contributed by atoms with E-state index in [1.807, 2.05) is 39.8 Å². The fraction of sp³-hybridized carbons (Fsp3) is 0.545. The molecular weight excluding hydrogens is 231 g/mol. The molecule has 0 N–H and O–H groups in total. The third kappa shape index (κ3) is 1.62. The van der Waals surface area contributed by atoms with Crippen LogP contribution in [0.1, 0.15) is 27.7 Å². The second-order valence-electron chi connectivity index (χ2n) is 5.53. The molecule has 2 aromatic heterocycles. The van der Waals surface area contributed by atoms with E-state index in [-0.39, 0.29) is 18.3 Å². The average Bonchev–Trinajstić information content (AvgIpc) is 2.80. The summed E-state index contributed by atoms with van der Waals surface area (Å²) in [5.41, 5.74) is 0.934. The van der Waals surface area contributed by atoms with Crippen molar-refractivity contribution in [3.8, 4) is 0 Å². The zero-order valence-electron chi connectivity index (χ0n) is 10.9. The lowest BCUT2D eigenvalue weighted by molar-refractivity contribution is 0.00578. The maximum Gasteiger partial charge on any atom is 0.495 e. The van der Waals surface area contributed by atoms with E-state index in [2.05, 4.69) is 15.5 Å². The molecule has 0 spiro atoms. The van der Waals surface area contributed by atoms with Gasteiger partial charge in [0.15, 0.2) is 5.65 Å². The van der Waals surface area contributed by atoms with E-state index in [4.69, 9.17) is 9.31 Å². The lowest BCUT2D eigenvalue weighted by Crippen LogP contribution is -2.41. The Labute approximate surface area is 105 Å². The van der Waals surface area contributed by atoms with Crippen LogP contribution in [0.25, 0.3) is 5.65 Å². The topological polar surface area (TPSA) is 61.5 Å². The Kier molecular flexibility index (Phi) is 2.27. The summed E-state index contributed by atoms with van der Waals surface area (Å²) in [6.07, 6.45) is 1.80. The molecule has 0 aliphatic carbocycles. The highest BCUT2D eigenvalue weighted by atomic mass is 16.7. The second kappa shape index (κ2) is 3.52. The maximum atomic E-state index is 5.98. The molecule has 3 rings (SSSR count). The van der Waals surface area contributed by atoms with Crippen LogP contribution in [-0.2, 0) is 9.31 Å². The van der Waals surface area contributed by atoms with Gasteiger partial charge in [-0.3, -0.25) is 0 Å². The van der Waals surface area contributed by atoms with Crippen LogP contribution in [0.15, 0.2) is 18.3 Å². The Morgan fingerprint density at radius 1 is 1.17 bits per heavy atom. The van der Waals surface area contributed by atoms with E-state index in [1.54, 1.807) is 10.7 Å². The Morgan fingerprint density at radius 3 is 2.50 bits per heavy atom. The van der Waals surface area contributed by atoms with E-state index in [1.165, 1.54) is 0 Å². The summed E-state index contributed by atoms with van der Waals surface area (Å²) < 4.78 is 13.6. The molecule has 1 saturated heterocycles. The van der Waals surface area contributed by atoms with Gasteiger partial charge in [0, 0.05) is 6.20 Å². The molecule has 94 valence electrons. The van der Waals surface area contributed by atoms with Crippen molar-refractivity contribution in [1.29, 1.82) is 0 Å². The van der Waals surface area contributed by atoms with Crippen LogP contribution < -0.4 is 5.46 Å². The van der Waals surface area contributed by atoms with E-state index in [0.29, 0.717) is 5.65 Å². The van der Waals surface area contributed by atoms with Crippen LogP contribution >= 0.6 is 0 Å². The minimum Gasteiger partial charge on any atom is -0.399 e. The highest BCUT2D eigenvalue weighted by Gasteiger charge is 2.51. The average molecular weight is 246 g/mol. The van der Waals surface area contributed by atoms with Crippen LogP contribution in [0.5, 0.6) is 0 Å². The summed E-state index contributed by atoms with van der Waals surface area (Å²) in [7, 11) is -0.378. The normalized spacial score (nSPS) is 21.7. The second-order valence-corrected chi connectivity index (χ2v) is 5.53.